The number of nitrogens with two attached hydrogens (primary N) is 1. The Labute approximate surface area is 310 Å². The fraction of sp³-hybridized carbons (Fsp3) is 0.222. The zero-order chi connectivity index (χ0) is 35.8. The normalized spacial score (nSPS) is 11.9. The first-order valence-electron chi connectivity index (χ1n) is 16.4. The van der Waals surface area contributed by atoms with E-state index in [4.69, 9.17) is 5.73 Å². The van der Waals surface area contributed by atoms with Gasteiger partial charge in [-0.15, -0.1) is 0 Å². The number of pyridine rings is 4. The van der Waals surface area contributed by atoms with Crippen molar-refractivity contribution in [2.75, 3.05) is 34.4 Å². The third kappa shape index (κ3) is 10.1. The summed E-state index contributed by atoms with van der Waals surface area (Å²) in [6.07, 6.45) is 19.1. The van der Waals surface area contributed by atoms with Gasteiger partial charge in [-0.1, -0.05) is 31.9 Å². The third-order valence-electron chi connectivity index (χ3n) is 7.77. The molecular formula is C36H39Br2N11O2. The second-order valence-electron chi connectivity index (χ2n) is 11.2. The quantitative estimate of drug-likeness (QED) is 0.0493. The van der Waals surface area contributed by atoms with Gasteiger partial charge in [0.05, 0.1) is 50.1 Å². The van der Waals surface area contributed by atoms with Crippen LogP contribution in [0.25, 0.3) is 44.1 Å². The van der Waals surface area contributed by atoms with Gasteiger partial charge in [0, 0.05) is 67.1 Å². The van der Waals surface area contributed by atoms with Crippen molar-refractivity contribution in [1.82, 2.24) is 39.9 Å². The Morgan fingerprint density at radius 3 is 1.82 bits per heavy atom. The van der Waals surface area contributed by atoms with Crippen LogP contribution in [0.2, 0.25) is 0 Å². The molecule has 6 N–H and O–H groups in total. The summed E-state index contributed by atoms with van der Waals surface area (Å²) in [5.74, 6) is 0. The zero-order valence-corrected chi connectivity index (χ0v) is 31.0. The van der Waals surface area contributed by atoms with Gasteiger partial charge in [0.1, 0.15) is 11.0 Å². The van der Waals surface area contributed by atoms with E-state index in [0.29, 0.717) is 16.7 Å². The number of H-pyrrole nitrogens is 4. The number of hydrogen-bond acceptors (Lipinski definition) is 8. The molecule has 0 radical (unpaired) electrons. The molecule has 0 aromatic carbocycles. The van der Waals surface area contributed by atoms with Gasteiger partial charge in [-0.3, -0.25) is 25.1 Å². The van der Waals surface area contributed by atoms with Gasteiger partial charge in [-0.05, 0) is 80.3 Å². The average Bonchev–Trinajstić information content (AvgIpc) is 4.02. The summed E-state index contributed by atoms with van der Waals surface area (Å²) in [6.45, 7) is 2.34. The predicted molar refractivity (Wildman–Crippen MR) is 214 cm³/mol. The fourth-order valence-corrected chi connectivity index (χ4v) is 6.06. The first-order valence-corrected chi connectivity index (χ1v) is 18.7. The molecule has 0 atom stereocenters. The summed E-state index contributed by atoms with van der Waals surface area (Å²) in [6, 6.07) is 17.2. The topological polar surface area (TPSA) is 187 Å². The van der Waals surface area contributed by atoms with Crippen molar-refractivity contribution in [2.45, 2.75) is 25.7 Å². The Bertz CT molecular complexity index is 2200. The number of rotatable bonds is 5. The average molecular weight is 818 g/mol. The van der Waals surface area contributed by atoms with Crippen molar-refractivity contribution >= 4 is 93.1 Å². The van der Waals surface area contributed by atoms with Crippen molar-refractivity contribution in [3.05, 3.63) is 114 Å². The fourth-order valence-electron chi connectivity index (χ4n) is 5.27. The maximum absolute atomic E-state index is 10.4. The number of aromatic nitrogens is 8. The highest BCUT2D eigenvalue weighted by molar-refractivity contribution is 9.09. The molecule has 8 aromatic heterocycles. The number of nitrogen functional groups attached to an aromatic ring is 1. The van der Waals surface area contributed by atoms with Crippen LogP contribution in [0.3, 0.4) is 0 Å². The van der Waals surface area contributed by atoms with Crippen LogP contribution < -0.4 is 10.6 Å². The number of alkyl halides is 2. The minimum absolute atomic E-state index is 0.0191. The number of nitrogens with one attached hydrogen (secondary N) is 4. The highest BCUT2D eigenvalue weighted by atomic mass is 79.9. The van der Waals surface area contributed by atoms with Crippen molar-refractivity contribution in [3.8, 4) is 0 Å². The van der Waals surface area contributed by atoms with E-state index in [2.05, 4.69) is 88.9 Å². The number of unbranched alkanes of at least 4 members (excludes halogenated alkanes) is 1. The molecule has 0 unspecified atom stereocenters. The van der Waals surface area contributed by atoms with Gasteiger partial charge in [-0.2, -0.15) is 0 Å². The smallest absolute Gasteiger partial charge is 0.312 e. The lowest BCUT2D eigenvalue weighted by atomic mass is 10.3. The minimum atomic E-state index is -0.453. The number of hydrogen-bond donors (Lipinski definition) is 5. The molecular weight excluding hydrogens is 778 g/mol. The summed E-state index contributed by atoms with van der Waals surface area (Å²) in [4.78, 5) is 41.0. The zero-order valence-electron chi connectivity index (χ0n) is 27.8. The Hall–Kier alpha value is -5.28. The molecule has 1 aliphatic heterocycles. The highest BCUT2D eigenvalue weighted by Crippen LogP contribution is 2.27. The number of anilines is 2. The molecule has 15 heteroatoms. The Morgan fingerprint density at radius 1 is 0.686 bits per heavy atom. The monoisotopic (exact) mass is 815 g/mol. The van der Waals surface area contributed by atoms with Crippen molar-refractivity contribution < 1.29 is 4.92 Å². The molecule has 1 saturated heterocycles. The molecule has 0 saturated carbocycles. The molecule has 0 aliphatic carbocycles. The van der Waals surface area contributed by atoms with Crippen molar-refractivity contribution in [1.29, 1.82) is 0 Å². The van der Waals surface area contributed by atoms with Crippen LogP contribution in [0, 0.1) is 10.1 Å². The number of aromatic amines is 4. The van der Waals surface area contributed by atoms with Crippen LogP contribution in [0.4, 0.5) is 17.1 Å². The first-order chi connectivity index (χ1) is 25.0. The summed E-state index contributed by atoms with van der Waals surface area (Å²) < 4.78 is 0. The van der Waals surface area contributed by atoms with Crippen LogP contribution >= 0.6 is 31.9 Å². The summed E-state index contributed by atoms with van der Waals surface area (Å²) in [5.41, 5.74) is 14.9. The van der Waals surface area contributed by atoms with E-state index in [-0.39, 0.29) is 5.69 Å². The minimum Gasteiger partial charge on any atom is -0.396 e. The van der Waals surface area contributed by atoms with Gasteiger partial charge < -0.3 is 30.6 Å². The Morgan fingerprint density at radius 2 is 1.22 bits per heavy atom. The molecule has 0 spiro atoms. The van der Waals surface area contributed by atoms with E-state index in [0.717, 1.165) is 43.8 Å². The van der Waals surface area contributed by atoms with Gasteiger partial charge in [0.2, 0.25) is 0 Å². The number of nitrogens with zero attached hydrogens (tertiary/aromatic N) is 6. The first kappa shape index (κ1) is 37.0. The van der Waals surface area contributed by atoms with E-state index in [1.165, 1.54) is 56.9 Å². The van der Waals surface area contributed by atoms with Crippen LogP contribution in [0.15, 0.2) is 104 Å². The summed E-state index contributed by atoms with van der Waals surface area (Å²) in [7, 11) is 0. The number of fused-ring (bicyclic) bond motifs is 4. The van der Waals surface area contributed by atoms with Crippen LogP contribution in [-0.4, -0.2) is 68.5 Å². The molecule has 0 bridgehead atoms. The second kappa shape index (κ2) is 19.2. The molecule has 1 aliphatic rings. The SMILES string of the molecule is BrCCCCBr.Nc1c[nH]c2cccnc12.O=[N+]([O-])c1c[nH]c2cccnc12.c1cnc2c(N3CCCC3)c[nH]c2c1.c1cnc2cc[nH]c2c1. The molecule has 264 valence electrons. The maximum atomic E-state index is 10.4. The Balaban J connectivity index is 0.000000127. The molecule has 1 fully saturated rings. The molecule has 8 aromatic rings. The van der Waals surface area contributed by atoms with Gasteiger partial charge in [0.15, 0.2) is 5.52 Å². The standard InChI is InChI=1S/C11H13N3.C7H5N3O2.C7H7N3.C7H6N2.C4H8Br2/c1-2-7-14(6-1)10-8-13-9-4-3-5-12-11(9)10;11-10(12)6-4-9-5-2-1-3-8-7(5)6;8-5-4-10-6-2-1-3-9-7(5)6;1-2-6-7(8-4-1)3-5-9-6;5-3-1-2-4-6/h3-5,8,13H,1-2,6-7H2;1-4,9H;1-4,10H,8H2;1-5,9H;1-4H2. The predicted octanol–water partition coefficient (Wildman–Crippen LogP) is 8.90. The van der Waals surface area contributed by atoms with E-state index < -0.39 is 4.92 Å². The lowest BCUT2D eigenvalue weighted by molar-refractivity contribution is -0.383. The van der Waals surface area contributed by atoms with Crippen LogP contribution in [-0.2, 0) is 0 Å². The summed E-state index contributed by atoms with van der Waals surface area (Å²) in [5, 5.41) is 12.7. The van der Waals surface area contributed by atoms with E-state index >= 15 is 0 Å². The van der Waals surface area contributed by atoms with E-state index in [9.17, 15) is 10.1 Å². The van der Waals surface area contributed by atoms with Gasteiger partial charge in [-0.25, -0.2) is 4.98 Å². The summed E-state index contributed by atoms with van der Waals surface area (Å²) >= 11 is 6.66. The second-order valence-corrected chi connectivity index (χ2v) is 12.8. The van der Waals surface area contributed by atoms with Crippen molar-refractivity contribution in [2.24, 2.45) is 0 Å². The molecule has 0 amide bonds. The molecule has 13 nitrogen and oxygen atoms in total. The highest BCUT2D eigenvalue weighted by Gasteiger charge is 2.16. The lowest BCUT2D eigenvalue weighted by Crippen LogP contribution is -2.17. The lowest BCUT2D eigenvalue weighted by Gasteiger charge is -2.15. The molecule has 51 heavy (non-hydrogen) atoms. The van der Waals surface area contributed by atoms with E-state index in [1.807, 2.05) is 48.8 Å². The largest absolute Gasteiger partial charge is 0.396 e. The number of nitro groups is 1. The Kier molecular flexibility index (Phi) is 13.9. The van der Waals surface area contributed by atoms with Crippen molar-refractivity contribution in [3.63, 3.8) is 0 Å². The molecule has 9 heterocycles. The van der Waals surface area contributed by atoms with Gasteiger partial charge in [0.25, 0.3) is 0 Å². The molecule has 9 rings (SSSR count). The van der Waals surface area contributed by atoms with Gasteiger partial charge >= 0.3 is 5.69 Å². The third-order valence-corrected chi connectivity index (χ3v) is 8.89. The van der Waals surface area contributed by atoms with Crippen LogP contribution in [0.5, 0.6) is 0 Å². The van der Waals surface area contributed by atoms with E-state index in [1.54, 1.807) is 30.7 Å². The number of halogens is 2. The van der Waals surface area contributed by atoms with Crippen LogP contribution in [0.1, 0.15) is 25.7 Å². The maximum Gasteiger partial charge on any atom is 0.312 e.